The molecule has 3 aliphatic heterocycles. The molecule has 0 atom stereocenters. The minimum Gasteiger partial charge on any atom is -0.298 e. The summed E-state index contributed by atoms with van der Waals surface area (Å²) < 4.78 is 14.3. The topological polar surface area (TPSA) is 55.8 Å². The third kappa shape index (κ3) is 3.39. The van der Waals surface area contributed by atoms with Crippen molar-refractivity contribution in [1.82, 2.24) is 15.3 Å². The maximum absolute atomic E-state index is 14.3. The molecule has 2 saturated heterocycles. The van der Waals surface area contributed by atoms with E-state index in [1.165, 1.54) is 38.3 Å². The molecule has 0 unspecified atom stereocenters. The number of rotatable bonds is 4. The molecule has 0 spiro atoms. The fraction of sp³-hybridized carbons (Fsp3) is 0.667. The number of halogens is 1. The Bertz CT molecular complexity index is 728. The van der Waals surface area contributed by atoms with Gasteiger partial charge in [0, 0.05) is 43.8 Å². The van der Waals surface area contributed by atoms with Crippen LogP contribution in [0, 0.1) is 11.2 Å². The smallest absolute Gasteiger partial charge is 0.274 e. The Balaban J connectivity index is 0.000000872. The average molecular weight is 375 g/mol. The van der Waals surface area contributed by atoms with E-state index in [0.717, 1.165) is 36.3 Å². The molecule has 6 rings (SSSR count). The normalized spacial score (nSPS) is 29.4. The standard InChI is InChI=1S/C19H24FN3O2.C2H6/c20-17-6-12(18(24)21-25)5-13-9-22(4-3-16(13)17)10-19-7-15(8-19)23(11-19)14-1-2-14;1-2/h5-6,14-15,25H,1-4,7-11H2,(H,21,24);1-2H3. The highest BCUT2D eigenvalue weighted by molar-refractivity contribution is 5.93. The van der Waals surface area contributed by atoms with Crippen molar-refractivity contribution in [2.45, 2.75) is 64.6 Å². The summed E-state index contributed by atoms with van der Waals surface area (Å²) >= 11 is 0. The molecule has 3 heterocycles. The van der Waals surface area contributed by atoms with E-state index in [0.29, 0.717) is 18.4 Å². The molecule has 2 N–H and O–H groups in total. The highest BCUT2D eigenvalue weighted by Gasteiger charge is 2.58. The summed E-state index contributed by atoms with van der Waals surface area (Å²) in [6, 6.07) is 4.61. The molecule has 2 bridgehead atoms. The van der Waals surface area contributed by atoms with Crippen LogP contribution in [0.5, 0.6) is 0 Å². The first-order valence-corrected chi connectivity index (χ1v) is 10.3. The van der Waals surface area contributed by atoms with E-state index >= 15 is 0 Å². The van der Waals surface area contributed by atoms with E-state index in [-0.39, 0.29) is 11.4 Å². The van der Waals surface area contributed by atoms with Gasteiger partial charge in [-0.2, -0.15) is 0 Å². The second kappa shape index (κ2) is 7.15. The van der Waals surface area contributed by atoms with Crippen LogP contribution in [0.15, 0.2) is 12.1 Å². The summed E-state index contributed by atoms with van der Waals surface area (Å²) in [6.45, 7) is 7.87. The lowest BCUT2D eigenvalue weighted by atomic mass is 9.69. The van der Waals surface area contributed by atoms with Crippen molar-refractivity contribution in [2.24, 2.45) is 5.41 Å². The molecule has 148 valence electrons. The first kappa shape index (κ1) is 18.8. The van der Waals surface area contributed by atoms with Crippen LogP contribution < -0.4 is 5.48 Å². The van der Waals surface area contributed by atoms with Crippen molar-refractivity contribution in [2.75, 3.05) is 19.6 Å². The Morgan fingerprint density at radius 1 is 1.30 bits per heavy atom. The lowest BCUT2D eigenvalue weighted by molar-refractivity contribution is 0.0704. The number of amides is 1. The SMILES string of the molecule is CC.O=C(NO)c1cc(F)c2c(c1)CN(CC13CC(C1)N(C1CC1)C3)CC2. The molecule has 5 aliphatic rings. The highest BCUT2D eigenvalue weighted by Crippen LogP contribution is 2.55. The maximum Gasteiger partial charge on any atom is 0.274 e. The van der Waals surface area contributed by atoms with Crippen molar-refractivity contribution < 1.29 is 14.4 Å². The van der Waals surface area contributed by atoms with Gasteiger partial charge in [0.2, 0.25) is 0 Å². The number of carbonyl (C=O) groups excluding carboxylic acids is 1. The van der Waals surface area contributed by atoms with Crippen LogP contribution in [0.25, 0.3) is 0 Å². The van der Waals surface area contributed by atoms with Gasteiger partial charge in [-0.05, 0) is 60.8 Å². The highest BCUT2D eigenvalue weighted by atomic mass is 19.1. The molecule has 5 nitrogen and oxygen atoms in total. The monoisotopic (exact) mass is 375 g/mol. The molecule has 0 aromatic heterocycles. The third-order valence-electron chi connectivity index (χ3n) is 6.62. The molecule has 0 radical (unpaired) electrons. The molecule has 1 aromatic carbocycles. The number of benzene rings is 1. The summed E-state index contributed by atoms with van der Waals surface area (Å²) in [4.78, 5) is 16.8. The van der Waals surface area contributed by atoms with E-state index in [4.69, 9.17) is 5.21 Å². The average Bonchev–Trinajstić information content (AvgIpc) is 3.37. The summed E-state index contributed by atoms with van der Waals surface area (Å²) in [5, 5.41) is 8.80. The minimum absolute atomic E-state index is 0.184. The number of carbonyl (C=O) groups is 1. The van der Waals surface area contributed by atoms with E-state index < -0.39 is 5.91 Å². The fourth-order valence-corrected chi connectivity index (χ4v) is 5.34. The van der Waals surface area contributed by atoms with Crippen molar-refractivity contribution in [3.05, 3.63) is 34.6 Å². The van der Waals surface area contributed by atoms with Gasteiger partial charge in [-0.1, -0.05) is 13.8 Å². The summed E-state index contributed by atoms with van der Waals surface area (Å²) in [7, 11) is 0. The summed E-state index contributed by atoms with van der Waals surface area (Å²) in [6.07, 6.45) is 6.06. The largest absolute Gasteiger partial charge is 0.298 e. The summed E-state index contributed by atoms with van der Waals surface area (Å²) in [5.41, 5.74) is 3.82. The van der Waals surface area contributed by atoms with Crippen molar-refractivity contribution in [3.63, 3.8) is 0 Å². The quantitative estimate of drug-likeness (QED) is 0.628. The molecular weight excluding hydrogens is 345 g/mol. The number of hydrogen-bond donors (Lipinski definition) is 2. The van der Waals surface area contributed by atoms with Gasteiger partial charge in [0.05, 0.1) is 0 Å². The van der Waals surface area contributed by atoms with Gasteiger partial charge in [-0.15, -0.1) is 0 Å². The lowest BCUT2D eigenvalue weighted by Gasteiger charge is -2.42. The first-order chi connectivity index (χ1) is 13.1. The van der Waals surface area contributed by atoms with Crippen LogP contribution in [-0.4, -0.2) is 52.6 Å². The molecular formula is C21H30FN3O2. The number of hydrogen-bond acceptors (Lipinski definition) is 4. The molecule has 6 heteroatoms. The Kier molecular flexibility index (Phi) is 4.99. The third-order valence-corrected chi connectivity index (χ3v) is 6.62. The summed E-state index contributed by atoms with van der Waals surface area (Å²) in [5.74, 6) is -0.992. The number of hydroxylamine groups is 1. The van der Waals surface area contributed by atoms with Gasteiger partial charge in [-0.3, -0.25) is 19.8 Å². The number of nitrogens with zero attached hydrogens (tertiary/aromatic N) is 2. The van der Waals surface area contributed by atoms with Gasteiger partial charge in [0.1, 0.15) is 5.82 Å². The first-order valence-electron chi connectivity index (χ1n) is 10.3. The zero-order valence-corrected chi connectivity index (χ0v) is 16.3. The minimum atomic E-state index is -0.657. The number of fused-ring (bicyclic) bond motifs is 2. The predicted molar refractivity (Wildman–Crippen MR) is 101 cm³/mol. The Hall–Kier alpha value is -1.50. The lowest BCUT2D eigenvalue weighted by Crippen LogP contribution is -2.45. The van der Waals surface area contributed by atoms with Crippen LogP contribution >= 0.6 is 0 Å². The Morgan fingerprint density at radius 2 is 2.04 bits per heavy atom. The number of nitrogens with one attached hydrogen (secondary N) is 1. The fourth-order valence-electron chi connectivity index (χ4n) is 5.34. The predicted octanol–water partition coefficient (Wildman–Crippen LogP) is 2.96. The zero-order valence-electron chi connectivity index (χ0n) is 16.3. The molecule has 1 amide bonds. The van der Waals surface area contributed by atoms with E-state index in [9.17, 15) is 9.18 Å². The van der Waals surface area contributed by atoms with E-state index in [1.54, 1.807) is 11.5 Å². The Morgan fingerprint density at radius 3 is 2.70 bits per heavy atom. The zero-order chi connectivity index (χ0) is 19.2. The van der Waals surface area contributed by atoms with Crippen LogP contribution in [0.1, 0.15) is 61.0 Å². The van der Waals surface area contributed by atoms with Gasteiger partial charge in [0.15, 0.2) is 0 Å². The second-order valence-electron chi connectivity index (χ2n) is 8.46. The van der Waals surface area contributed by atoms with Crippen LogP contribution in [-0.2, 0) is 13.0 Å². The van der Waals surface area contributed by atoms with Crippen molar-refractivity contribution >= 4 is 5.91 Å². The molecule has 1 aromatic rings. The van der Waals surface area contributed by atoms with Gasteiger partial charge >= 0.3 is 0 Å². The van der Waals surface area contributed by atoms with Crippen LogP contribution in [0.2, 0.25) is 0 Å². The van der Waals surface area contributed by atoms with E-state index in [1.807, 2.05) is 13.8 Å². The molecule has 27 heavy (non-hydrogen) atoms. The molecule has 2 aliphatic carbocycles. The van der Waals surface area contributed by atoms with Crippen molar-refractivity contribution in [3.8, 4) is 0 Å². The Labute approximate surface area is 160 Å². The molecule has 2 saturated carbocycles. The van der Waals surface area contributed by atoms with Gasteiger partial charge in [0.25, 0.3) is 5.91 Å². The van der Waals surface area contributed by atoms with E-state index in [2.05, 4.69) is 9.80 Å². The van der Waals surface area contributed by atoms with Gasteiger partial charge in [-0.25, -0.2) is 9.87 Å². The van der Waals surface area contributed by atoms with Gasteiger partial charge < -0.3 is 0 Å². The van der Waals surface area contributed by atoms with Crippen LogP contribution in [0.3, 0.4) is 0 Å². The van der Waals surface area contributed by atoms with Crippen LogP contribution in [0.4, 0.5) is 4.39 Å². The second-order valence-corrected chi connectivity index (χ2v) is 8.46. The maximum atomic E-state index is 14.3. The van der Waals surface area contributed by atoms with Crippen molar-refractivity contribution in [1.29, 1.82) is 0 Å². The molecule has 4 fully saturated rings.